The lowest BCUT2D eigenvalue weighted by molar-refractivity contribution is 0.171. The van der Waals surface area contributed by atoms with Crippen LogP contribution in [-0.2, 0) is 6.42 Å². The normalized spacial score (nSPS) is 22.2. The van der Waals surface area contributed by atoms with E-state index in [1.54, 1.807) is 0 Å². The van der Waals surface area contributed by atoms with Crippen molar-refractivity contribution >= 4 is 0 Å². The van der Waals surface area contributed by atoms with Crippen molar-refractivity contribution in [3.05, 3.63) is 35.4 Å². The Balaban J connectivity index is 2.01. The van der Waals surface area contributed by atoms with Crippen molar-refractivity contribution < 1.29 is 0 Å². The Bertz CT molecular complexity index is 363. The van der Waals surface area contributed by atoms with Gasteiger partial charge in [-0.3, -0.25) is 4.90 Å². The van der Waals surface area contributed by atoms with Gasteiger partial charge in [-0.05, 0) is 63.9 Å². The van der Waals surface area contributed by atoms with Gasteiger partial charge in [-0.15, -0.1) is 0 Å². The number of nitrogens with one attached hydrogen (secondary N) is 1. The highest BCUT2D eigenvalue weighted by atomic mass is 15.2. The van der Waals surface area contributed by atoms with Crippen molar-refractivity contribution in [2.75, 3.05) is 20.1 Å². The molecule has 0 spiro atoms. The molecule has 1 saturated heterocycles. The molecule has 0 saturated carbocycles. The predicted molar refractivity (Wildman–Crippen MR) is 82.5 cm³/mol. The van der Waals surface area contributed by atoms with Crippen molar-refractivity contribution in [2.24, 2.45) is 0 Å². The quantitative estimate of drug-likeness (QED) is 0.893. The summed E-state index contributed by atoms with van der Waals surface area (Å²) in [6.07, 6.45) is 5.02. The Morgan fingerprint density at radius 1 is 1.21 bits per heavy atom. The zero-order valence-electron chi connectivity index (χ0n) is 12.7. The fourth-order valence-electron chi connectivity index (χ4n) is 2.99. The molecule has 0 amide bonds. The van der Waals surface area contributed by atoms with E-state index in [2.05, 4.69) is 55.4 Å². The van der Waals surface area contributed by atoms with Crippen LogP contribution in [0.3, 0.4) is 0 Å². The van der Waals surface area contributed by atoms with E-state index >= 15 is 0 Å². The summed E-state index contributed by atoms with van der Waals surface area (Å²) in [5.74, 6) is 0. The number of nitrogens with zero attached hydrogens (tertiary/aromatic N) is 1. The summed E-state index contributed by atoms with van der Waals surface area (Å²) in [4.78, 5) is 2.56. The van der Waals surface area contributed by atoms with Crippen LogP contribution in [0.5, 0.6) is 0 Å². The van der Waals surface area contributed by atoms with Crippen LogP contribution in [0.15, 0.2) is 24.3 Å². The molecule has 0 aliphatic carbocycles. The molecule has 1 aliphatic heterocycles. The summed E-state index contributed by atoms with van der Waals surface area (Å²) < 4.78 is 0. The van der Waals surface area contributed by atoms with E-state index in [0.717, 1.165) is 19.0 Å². The van der Waals surface area contributed by atoms with E-state index in [9.17, 15) is 0 Å². The molecule has 1 aromatic rings. The third kappa shape index (κ3) is 3.80. The molecule has 2 unspecified atom stereocenters. The average molecular weight is 260 g/mol. The van der Waals surface area contributed by atoms with E-state index in [4.69, 9.17) is 0 Å². The largest absolute Gasteiger partial charge is 0.317 e. The molecular formula is C17H28N2. The van der Waals surface area contributed by atoms with Gasteiger partial charge >= 0.3 is 0 Å². The van der Waals surface area contributed by atoms with Crippen molar-refractivity contribution in [3.63, 3.8) is 0 Å². The van der Waals surface area contributed by atoms with Crippen LogP contribution in [0.1, 0.15) is 50.3 Å². The molecule has 1 fully saturated rings. The van der Waals surface area contributed by atoms with Crippen molar-refractivity contribution in [1.82, 2.24) is 10.2 Å². The first-order chi connectivity index (χ1) is 9.22. The maximum absolute atomic E-state index is 3.50. The summed E-state index contributed by atoms with van der Waals surface area (Å²) in [7, 11) is 2.29. The molecular weight excluding hydrogens is 232 g/mol. The Morgan fingerprint density at radius 2 is 1.95 bits per heavy atom. The lowest BCUT2D eigenvalue weighted by Gasteiger charge is -2.33. The van der Waals surface area contributed by atoms with Crippen LogP contribution < -0.4 is 5.32 Å². The molecule has 2 rings (SSSR count). The first-order valence-corrected chi connectivity index (χ1v) is 7.74. The van der Waals surface area contributed by atoms with Crippen molar-refractivity contribution in [1.29, 1.82) is 0 Å². The molecule has 1 N–H and O–H groups in total. The van der Waals surface area contributed by atoms with E-state index in [-0.39, 0.29) is 0 Å². The predicted octanol–water partition coefficient (Wildman–Crippen LogP) is 3.38. The van der Waals surface area contributed by atoms with E-state index in [0.29, 0.717) is 6.04 Å². The maximum atomic E-state index is 3.50. The second-order valence-electron chi connectivity index (χ2n) is 5.77. The molecule has 2 nitrogen and oxygen atoms in total. The van der Waals surface area contributed by atoms with Gasteiger partial charge in [0.25, 0.3) is 0 Å². The van der Waals surface area contributed by atoms with Gasteiger partial charge < -0.3 is 5.32 Å². The number of rotatable bonds is 4. The molecule has 1 heterocycles. The van der Waals surface area contributed by atoms with E-state index in [1.165, 1.54) is 36.9 Å². The van der Waals surface area contributed by atoms with E-state index < -0.39 is 0 Å². The lowest BCUT2D eigenvalue weighted by atomic mass is 10.0. The minimum Gasteiger partial charge on any atom is -0.317 e. The standard InChI is InChI=1S/C17H28N2/c1-4-15-7-9-16(10-8-15)14(2)19(3)17-6-5-12-18-13-11-17/h7-10,14,17-18H,4-6,11-13H2,1-3H3. The molecule has 19 heavy (non-hydrogen) atoms. The van der Waals surface area contributed by atoms with Gasteiger partial charge in [-0.2, -0.15) is 0 Å². The minimum atomic E-state index is 0.508. The maximum Gasteiger partial charge on any atom is 0.0319 e. The number of hydrogen-bond donors (Lipinski definition) is 1. The topological polar surface area (TPSA) is 15.3 Å². The highest BCUT2D eigenvalue weighted by molar-refractivity contribution is 5.24. The Morgan fingerprint density at radius 3 is 2.63 bits per heavy atom. The van der Waals surface area contributed by atoms with Gasteiger partial charge in [0.1, 0.15) is 0 Å². The Labute approximate surface area is 118 Å². The first kappa shape index (κ1) is 14.5. The highest BCUT2D eigenvalue weighted by Gasteiger charge is 2.21. The fourth-order valence-corrected chi connectivity index (χ4v) is 2.99. The summed E-state index contributed by atoms with van der Waals surface area (Å²) in [6, 6.07) is 10.4. The fraction of sp³-hybridized carbons (Fsp3) is 0.647. The van der Waals surface area contributed by atoms with Gasteiger partial charge in [0, 0.05) is 12.1 Å². The molecule has 1 aliphatic rings. The molecule has 2 heteroatoms. The SMILES string of the molecule is CCc1ccc(C(C)N(C)C2CCCNCC2)cc1. The van der Waals surface area contributed by atoms with Crippen molar-refractivity contribution in [3.8, 4) is 0 Å². The monoisotopic (exact) mass is 260 g/mol. The second kappa shape index (κ2) is 7.06. The molecule has 0 bridgehead atoms. The van der Waals surface area contributed by atoms with E-state index in [1.807, 2.05) is 0 Å². The minimum absolute atomic E-state index is 0.508. The van der Waals surface area contributed by atoms with Gasteiger partial charge in [0.15, 0.2) is 0 Å². The Hall–Kier alpha value is -0.860. The number of benzene rings is 1. The number of aryl methyl sites for hydroxylation is 1. The van der Waals surface area contributed by atoms with Crippen LogP contribution in [0, 0.1) is 0 Å². The third-order valence-electron chi connectivity index (χ3n) is 4.60. The smallest absolute Gasteiger partial charge is 0.0319 e. The van der Waals surface area contributed by atoms with Gasteiger partial charge in [0.2, 0.25) is 0 Å². The molecule has 106 valence electrons. The highest BCUT2D eigenvalue weighted by Crippen LogP contribution is 2.24. The molecule has 0 aromatic heterocycles. The van der Waals surface area contributed by atoms with Crippen LogP contribution in [-0.4, -0.2) is 31.1 Å². The van der Waals surface area contributed by atoms with Crippen LogP contribution in [0.25, 0.3) is 0 Å². The lowest BCUT2D eigenvalue weighted by Crippen LogP contribution is -2.34. The molecule has 0 radical (unpaired) electrons. The zero-order valence-corrected chi connectivity index (χ0v) is 12.7. The van der Waals surface area contributed by atoms with Crippen LogP contribution >= 0.6 is 0 Å². The summed E-state index contributed by atoms with van der Waals surface area (Å²) in [5.41, 5.74) is 2.87. The molecule has 1 aromatic carbocycles. The second-order valence-corrected chi connectivity index (χ2v) is 5.77. The first-order valence-electron chi connectivity index (χ1n) is 7.74. The molecule has 2 atom stereocenters. The Kier molecular flexibility index (Phi) is 5.41. The summed E-state index contributed by atoms with van der Waals surface area (Å²) in [5, 5.41) is 3.50. The van der Waals surface area contributed by atoms with Gasteiger partial charge in [-0.1, -0.05) is 31.2 Å². The van der Waals surface area contributed by atoms with Crippen LogP contribution in [0.4, 0.5) is 0 Å². The number of hydrogen-bond acceptors (Lipinski definition) is 2. The van der Waals surface area contributed by atoms with Gasteiger partial charge in [0.05, 0.1) is 0 Å². The van der Waals surface area contributed by atoms with Crippen molar-refractivity contribution in [2.45, 2.75) is 51.6 Å². The zero-order chi connectivity index (χ0) is 13.7. The average Bonchev–Trinajstić information content (AvgIpc) is 2.75. The third-order valence-corrected chi connectivity index (χ3v) is 4.60. The summed E-state index contributed by atoms with van der Waals surface area (Å²) >= 11 is 0. The van der Waals surface area contributed by atoms with Gasteiger partial charge in [-0.25, -0.2) is 0 Å². The summed E-state index contributed by atoms with van der Waals surface area (Å²) in [6.45, 7) is 6.89. The van der Waals surface area contributed by atoms with Crippen LogP contribution in [0.2, 0.25) is 0 Å².